The highest BCUT2D eigenvalue weighted by Gasteiger charge is 2.01. The number of ether oxygens (including phenoxy) is 1. The minimum atomic E-state index is 0.307. The van der Waals surface area contributed by atoms with E-state index in [1.165, 1.54) is 0 Å². The predicted molar refractivity (Wildman–Crippen MR) is 52.6 cm³/mol. The van der Waals surface area contributed by atoms with E-state index in [0.29, 0.717) is 6.61 Å². The van der Waals surface area contributed by atoms with E-state index >= 15 is 0 Å². The van der Waals surface area contributed by atoms with Crippen molar-refractivity contribution < 1.29 is 4.74 Å². The van der Waals surface area contributed by atoms with Crippen molar-refractivity contribution in [3.05, 3.63) is 30.5 Å². The van der Waals surface area contributed by atoms with Gasteiger partial charge in [0.1, 0.15) is 12.4 Å². The molecule has 2 rings (SSSR count). The number of benzene rings is 1. The molecule has 1 heterocycles. The number of terminal acetylenes is 1. The minimum absolute atomic E-state index is 0.307. The molecule has 64 valence electrons. The number of H-pyrrole nitrogens is 1. The Morgan fingerprint density at radius 2 is 2.23 bits per heavy atom. The van der Waals surface area contributed by atoms with Gasteiger partial charge in [0.25, 0.3) is 0 Å². The number of nitrogens with one attached hydrogen (secondary N) is 1. The van der Waals surface area contributed by atoms with E-state index in [1.54, 1.807) is 0 Å². The van der Waals surface area contributed by atoms with Crippen LogP contribution in [0.1, 0.15) is 0 Å². The average Bonchev–Trinajstić information content (AvgIpc) is 2.58. The highest BCUT2D eigenvalue weighted by atomic mass is 16.5. The SMILES string of the molecule is C#CCOc1c[nH]c2ccccc12. The molecular formula is C11H9NO. The number of rotatable bonds is 2. The molecule has 2 aromatic rings. The van der Waals surface area contributed by atoms with Gasteiger partial charge in [-0.05, 0) is 12.1 Å². The van der Waals surface area contributed by atoms with Crippen LogP contribution in [0.5, 0.6) is 5.75 Å². The van der Waals surface area contributed by atoms with Gasteiger partial charge in [-0.3, -0.25) is 0 Å². The zero-order chi connectivity index (χ0) is 9.10. The van der Waals surface area contributed by atoms with Gasteiger partial charge in [-0.15, -0.1) is 6.42 Å². The maximum absolute atomic E-state index is 5.34. The van der Waals surface area contributed by atoms with Crippen molar-refractivity contribution in [1.29, 1.82) is 0 Å². The zero-order valence-corrected chi connectivity index (χ0v) is 7.08. The molecule has 0 saturated carbocycles. The van der Waals surface area contributed by atoms with Crippen LogP contribution >= 0.6 is 0 Å². The van der Waals surface area contributed by atoms with Crippen LogP contribution in [-0.4, -0.2) is 11.6 Å². The summed E-state index contributed by atoms with van der Waals surface area (Å²) in [5.41, 5.74) is 1.06. The van der Waals surface area contributed by atoms with Crippen molar-refractivity contribution in [2.24, 2.45) is 0 Å². The number of para-hydroxylation sites is 1. The first kappa shape index (κ1) is 7.75. The molecule has 0 unspecified atom stereocenters. The van der Waals surface area contributed by atoms with Crippen LogP contribution in [-0.2, 0) is 0 Å². The summed E-state index contributed by atoms with van der Waals surface area (Å²) in [6.07, 6.45) is 6.93. The Bertz CT molecular complexity index is 450. The molecule has 1 N–H and O–H groups in total. The molecule has 0 aliphatic rings. The monoisotopic (exact) mass is 171 g/mol. The van der Waals surface area contributed by atoms with Crippen molar-refractivity contribution in [3.8, 4) is 18.1 Å². The van der Waals surface area contributed by atoms with E-state index in [4.69, 9.17) is 11.2 Å². The topological polar surface area (TPSA) is 25.0 Å². The normalized spacial score (nSPS) is 9.77. The number of aromatic nitrogens is 1. The molecule has 0 fully saturated rings. The maximum Gasteiger partial charge on any atom is 0.148 e. The van der Waals surface area contributed by atoms with Gasteiger partial charge in [0.15, 0.2) is 0 Å². The van der Waals surface area contributed by atoms with Crippen molar-refractivity contribution in [2.75, 3.05) is 6.61 Å². The van der Waals surface area contributed by atoms with Crippen LogP contribution in [0.2, 0.25) is 0 Å². The largest absolute Gasteiger partial charge is 0.479 e. The van der Waals surface area contributed by atoms with Gasteiger partial charge >= 0.3 is 0 Å². The highest BCUT2D eigenvalue weighted by Crippen LogP contribution is 2.24. The Hall–Kier alpha value is -1.88. The molecule has 0 spiro atoms. The fourth-order valence-corrected chi connectivity index (χ4v) is 1.28. The van der Waals surface area contributed by atoms with E-state index in [9.17, 15) is 0 Å². The Morgan fingerprint density at radius 1 is 1.38 bits per heavy atom. The second-order valence-corrected chi connectivity index (χ2v) is 2.69. The lowest BCUT2D eigenvalue weighted by molar-refractivity contribution is 0.375. The van der Waals surface area contributed by atoms with Gasteiger partial charge in [0.2, 0.25) is 0 Å². The Labute approximate surface area is 76.5 Å². The first-order valence-electron chi connectivity index (χ1n) is 4.04. The Kier molecular flexibility index (Phi) is 1.93. The molecule has 0 radical (unpaired) electrons. The lowest BCUT2D eigenvalue weighted by atomic mass is 10.2. The standard InChI is InChI=1S/C11H9NO/c1-2-7-13-11-8-12-10-6-4-3-5-9(10)11/h1,3-6,8,12H,7H2. The van der Waals surface area contributed by atoms with Crippen LogP contribution in [0.3, 0.4) is 0 Å². The lowest BCUT2D eigenvalue weighted by Gasteiger charge is -1.97. The third-order valence-electron chi connectivity index (χ3n) is 1.86. The summed E-state index contributed by atoms with van der Waals surface area (Å²) >= 11 is 0. The molecule has 1 aromatic carbocycles. The van der Waals surface area contributed by atoms with Gasteiger partial charge < -0.3 is 9.72 Å². The van der Waals surface area contributed by atoms with Crippen molar-refractivity contribution in [2.45, 2.75) is 0 Å². The van der Waals surface area contributed by atoms with E-state index in [0.717, 1.165) is 16.7 Å². The number of hydrogen-bond acceptors (Lipinski definition) is 1. The second-order valence-electron chi connectivity index (χ2n) is 2.69. The molecule has 0 saturated heterocycles. The minimum Gasteiger partial charge on any atom is -0.479 e. The van der Waals surface area contributed by atoms with Gasteiger partial charge in [0.05, 0.1) is 0 Å². The smallest absolute Gasteiger partial charge is 0.148 e. The lowest BCUT2D eigenvalue weighted by Crippen LogP contribution is -1.91. The fraction of sp³-hybridized carbons (Fsp3) is 0.0909. The van der Waals surface area contributed by atoms with Crippen LogP contribution < -0.4 is 4.74 Å². The van der Waals surface area contributed by atoms with Gasteiger partial charge in [-0.2, -0.15) is 0 Å². The highest BCUT2D eigenvalue weighted by molar-refractivity contribution is 5.85. The van der Waals surface area contributed by atoms with Crippen LogP contribution in [0.15, 0.2) is 30.5 Å². The van der Waals surface area contributed by atoms with Gasteiger partial charge in [0, 0.05) is 17.1 Å². The summed E-state index contributed by atoms with van der Waals surface area (Å²) < 4.78 is 5.34. The third-order valence-corrected chi connectivity index (χ3v) is 1.86. The van der Waals surface area contributed by atoms with Gasteiger partial charge in [-0.1, -0.05) is 18.1 Å². The zero-order valence-electron chi connectivity index (χ0n) is 7.08. The van der Waals surface area contributed by atoms with Crippen molar-refractivity contribution >= 4 is 10.9 Å². The number of aromatic amines is 1. The molecule has 2 heteroatoms. The quantitative estimate of drug-likeness (QED) is 0.688. The van der Waals surface area contributed by atoms with Crippen molar-refractivity contribution in [1.82, 2.24) is 4.98 Å². The Balaban J connectivity index is 2.41. The molecule has 0 atom stereocenters. The molecule has 0 amide bonds. The first-order chi connectivity index (χ1) is 6.42. The van der Waals surface area contributed by atoms with E-state index in [1.807, 2.05) is 30.5 Å². The summed E-state index contributed by atoms with van der Waals surface area (Å²) in [5, 5.41) is 1.07. The van der Waals surface area contributed by atoms with E-state index < -0.39 is 0 Å². The van der Waals surface area contributed by atoms with Crippen LogP contribution in [0.4, 0.5) is 0 Å². The average molecular weight is 171 g/mol. The summed E-state index contributed by atoms with van der Waals surface area (Å²) in [6.45, 7) is 0.307. The summed E-state index contributed by atoms with van der Waals surface area (Å²) in [7, 11) is 0. The molecule has 1 aromatic heterocycles. The summed E-state index contributed by atoms with van der Waals surface area (Å²) in [4.78, 5) is 3.10. The molecule has 0 aliphatic heterocycles. The van der Waals surface area contributed by atoms with Gasteiger partial charge in [-0.25, -0.2) is 0 Å². The first-order valence-corrected chi connectivity index (χ1v) is 4.04. The second kappa shape index (κ2) is 3.24. The molecular weight excluding hydrogens is 162 g/mol. The van der Waals surface area contributed by atoms with E-state index in [-0.39, 0.29) is 0 Å². The Morgan fingerprint density at radius 3 is 3.08 bits per heavy atom. The van der Waals surface area contributed by atoms with Crippen LogP contribution in [0, 0.1) is 12.3 Å². The summed E-state index contributed by atoms with van der Waals surface area (Å²) in [5.74, 6) is 3.25. The molecule has 2 nitrogen and oxygen atoms in total. The molecule has 0 aliphatic carbocycles. The number of fused-ring (bicyclic) bond motifs is 1. The number of hydrogen-bond donors (Lipinski definition) is 1. The predicted octanol–water partition coefficient (Wildman–Crippen LogP) is 2.18. The van der Waals surface area contributed by atoms with Crippen LogP contribution in [0.25, 0.3) is 10.9 Å². The van der Waals surface area contributed by atoms with Crippen molar-refractivity contribution in [3.63, 3.8) is 0 Å². The molecule has 13 heavy (non-hydrogen) atoms. The summed E-state index contributed by atoms with van der Waals surface area (Å²) in [6, 6.07) is 7.94. The molecule has 0 bridgehead atoms. The fourth-order valence-electron chi connectivity index (χ4n) is 1.28. The third kappa shape index (κ3) is 1.36. The van der Waals surface area contributed by atoms with E-state index in [2.05, 4.69) is 10.9 Å². The maximum atomic E-state index is 5.34.